The van der Waals surface area contributed by atoms with Gasteiger partial charge in [0.15, 0.2) is 0 Å². The number of anilines is 1. The number of para-hydroxylation sites is 1. The van der Waals surface area contributed by atoms with Crippen molar-refractivity contribution in [2.75, 3.05) is 4.90 Å². The molecule has 20 heavy (non-hydrogen) atoms. The van der Waals surface area contributed by atoms with Crippen molar-refractivity contribution in [3.8, 4) is 0 Å². The molecule has 0 bridgehead atoms. The Morgan fingerprint density at radius 1 is 1.35 bits per heavy atom. The number of hydrogen-bond acceptors (Lipinski definition) is 3. The van der Waals surface area contributed by atoms with Gasteiger partial charge in [-0.3, -0.25) is 14.8 Å². The van der Waals surface area contributed by atoms with Crippen molar-refractivity contribution in [2.45, 2.75) is 25.8 Å². The number of carbonyl (C=O) groups is 1. The Labute approximate surface area is 123 Å². The Balaban J connectivity index is 2.35. The van der Waals surface area contributed by atoms with Crippen molar-refractivity contribution >= 4 is 23.2 Å². The number of amides is 1. The molecular weight excluding hydrogens is 274 g/mol. The summed E-state index contributed by atoms with van der Waals surface area (Å²) in [7, 11) is 0. The predicted molar refractivity (Wildman–Crippen MR) is 79.7 cm³/mol. The van der Waals surface area contributed by atoms with E-state index in [0.717, 1.165) is 16.9 Å². The highest BCUT2D eigenvalue weighted by Gasteiger charge is 2.22. The van der Waals surface area contributed by atoms with Crippen LogP contribution in [0.4, 0.5) is 5.69 Å². The molecule has 0 spiro atoms. The lowest BCUT2D eigenvalue weighted by Gasteiger charge is -2.25. The summed E-state index contributed by atoms with van der Waals surface area (Å²) in [5.41, 5.74) is 2.58. The van der Waals surface area contributed by atoms with E-state index in [1.807, 2.05) is 31.2 Å². The fourth-order valence-corrected chi connectivity index (χ4v) is 2.05. The SMILES string of the molecule is Cc1ccccc1N(Cc1cnccn1)C(=O)C(C)Cl. The van der Waals surface area contributed by atoms with Crippen molar-refractivity contribution in [3.05, 3.63) is 54.1 Å². The molecule has 0 aliphatic rings. The van der Waals surface area contributed by atoms with Crippen LogP contribution in [0.3, 0.4) is 0 Å². The predicted octanol–water partition coefficient (Wildman–Crippen LogP) is 2.95. The first-order chi connectivity index (χ1) is 9.59. The summed E-state index contributed by atoms with van der Waals surface area (Å²) in [5, 5.41) is -0.591. The maximum Gasteiger partial charge on any atom is 0.245 e. The van der Waals surface area contributed by atoms with E-state index in [1.165, 1.54) is 0 Å². The number of aromatic nitrogens is 2. The van der Waals surface area contributed by atoms with Crippen molar-refractivity contribution < 1.29 is 4.79 Å². The van der Waals surface area contributed by atoms with E-state index in [0.29, 0.717) is 6.54 Å². The van der Waals surface area contributed by atoms with Gasteiger partial charge in [-0.2, -0.15) is 0 Å². The lowest BCUT2D eigenvalue weighted by Crippen LogP contribution is -2.36. The topological polar surface area (TPSA) is 46.1 Å². The van der Waals surface area contributed by atoms with E-state index in [1.54, 1.807) is 30.4 Å². The van der Waals surface area contributed by atoms with Gasteiger partial charge in [0.05, 0.1) is 18.4 Å². The zero-order valence-electron chi connectivity index (χ0n) is 11.5. The van der Waals surface area contributed by atoms with Gasteiger partial charge in [-0.05, 0) is 25.5 Å². The zero-order valence-corrected chi connectivity index (χ0v) is 12.2. The molecule has 0 saturated heterocycles. The van der Waals surface area contributed by atoms with Gasteiger partial charge in [-0.25, -0.2) is 0 Å². The number of carbonyl (C=O) groups excluding carboxylic acids is 1. The minimum atomic E-state index is -0.591. The quantitative estimate of drug-likeness (QED) is 0.813. The number of rotatable bonds is 4. The van der Waals surface area contributed by atoms with Gasteiger partial charge in [0, 0.05) is 18.1 Å². The molecule has 104 valence electrons. The minimum Gasteiger partial charge on any atom is -0.305 e. The van der Waals surface area contributed by atoms with Gasteiger partial charge in [-0.15, -0.1) is 11.6 Å². The van der Waals surface area contributed by atoms with E-state index in [2.05, 4.69) is 9.97 Å². The molecule has 5 heteroatoms. The molecule has 0 N–H and O–H groups in total. The van der Waals surface area contributed by atoms with Gasteiger partial charge >= 0.3 is 0 Å². The molecule has 1 unspecified atom stereocenters. The Morgan fingerprint density at radius 2 is 2.10 bits per heavy atom. The molecule has 1 heterocycles. The summed E-state index contributed by atoms with van der Waals surface area (Å²) in [4.78, 5) is 22.2. The molecule has 0 aliphatic heterocycles. The minimum absolute atomic E-state index is 0.147. The van der Waals surface area contributed by atoms with E-state index in [4.69, 9.17) is 11.6 Å². The van der Waals surface area contributed by atoms with Crippen molar-refractivity contribution in [1.82, 2.24) is 9.97 Å². The maximum absolute atomic E-state index is 12.3. The lowest BCUT2D eigenvalue weighted by atomic mass is 10.1. The summed E-state index contributed by atoms with van der Waals surface area (Å²) in [6.07, 6.45) is 4.87. The Morgan fingerprint density at radius 3 is 2.70 bits per heavy atom. The van der Waals surface area contributed by atoms with Gasteiger partial charge < -0.3 is 4.90 Å². The molecule has 2 aromatic rings. The average molecular weight is 290 g/mol. The summed E-state index contributed by atoms with van der Waals surface area (Å²) < 4.78 is 0. The van der Waals surface area contributed by atoms with Crippen LogP contribution in [0.2, 0.25) is 0 Å². The molecule has 0 fully saturated rings. The summed E-state index contributed by atoms with van der Waals surface area (Å²) in [5.74, 6) is -0.147. The van der Waals surface area contributed by atoms with Crippen LogP contribution in [0.5, 0.6) is 0 Å². The molecule has 0 aliphatic carbocycles. The monoisotopic (exact) mass is 289 g/mol. The number of halogens is 1. The Bertz CT molecular complexity index is 587. The molecule has 4 nitrogen and oxygen atoms in total. The summed E-state index contributed by atoms with van der Waals surface area (Å²) in [6.45, 7) is 3.99. The van der Waals surface area contributed by atoms with Crippen molar-refractivity contribution in [1.29, 1.82) is 0 Å². The van der Waals surface area contributed by atoms with E-state index >= 15 is 0 Å². The van der Waals surface area contributed by atoms with E-state index < -0.39 is 5.38 Å². The van der Waals surface area contributed by atoms with Crippen LogP contribution in [0, 0.1) is 6.92 Å². The molecule has 1 aromatic carbocycles. The molecule has 2 rings (SSSR count). The molecular formula is C15H16ClN3O. The second-order valence-corrected chi connectivity index (χ2v) is 5.18. The van der Waals surface area contributed by atoms with Gasteiger partial charge in [-0.1, -0.05) is 18.2 Å². The third-order valence-corrected chi connectivity index (χ3v) is 3.14. The number of hydrogen-bond donors (Lipinski definition) is 0. The fraction of sp³-hybridized carbons (Fsp3) is 0.267. The molecule has 0 radical (unpaired) electrons. The number of nitrogens with zero attached hydrogens (tertiary/aromatic N) is 3. The first-order valence-electron chi connectivity index (χ1n) is 6.35. The Kier molecular flexibility index (Phi) is 4.69. The van der Waals surface area contributed by atoms with E-state index in [-0.39, 0.29) is 5.91 Å². The first-order valence-corrected chi connectivity index (χ1v) is 6.79. The van der Waals surface area contributed by atoms with Gasteiger partial charge in [0.1, 0.15) is 5.38 Å². The van der Waals surface area contributed by atoms with Gasteiger partial charge in [0.2, 0.25) is 5.91 Å². The second-order valence-electron chi connectivity index (χ2n) is 4.52. The highest BCUT2D eigenvalue weighted by molar-refractivity contribution is 6.32. The standard InChI is InChI=1S/C15H16ClN3O/c1-11-5-3-4-6-14(11)19(15(20)12(2)16)10-13-9-17-7-8-18-13/h3-9,12H,10H2,1-2H3. The molecule has 1 aromatic heterocycles. The number of benzene rings is 1. The van der Waals surface area contributed by atoms with Crippen LogP contribution < -0.4 is 4.90 Å². The first kappa shape index (κ1) is 14.5. The second kappa shape index (κ2) is 6.48. The van der Waals surface area contributed by atoms with Crippen LogP contribution >= 0.6 is 11.6 Å². The van der Waals surface area contributed by atoms with Crippen LogP contribution in [0.25, 0.3) is 0 Å². The number of alkyl halides is 1. The summed E-state index contributed by atoms with van der Waals surface area (Å²) in [6, 6.07) is 7.71. The molecule has 0 saturated carbocycles. The van der Waals surface area contributed by atoms with Crippen LogP contribution in [0.15, 0.2) is 42.9 Å². The highest BCUT2D eigenvalue weighted by Crippen LogP contribution is 2.22. The summed E-state index contributed by atoms with van der Waals surface area (Å²) >= 11 is 5.96. The zero-order chi connectivity index (χ0) is 14.5. The normalized spacial score (nSPS) is 11.9. The largest absolute Gasteiger partial charge is 0.305 e. The van der Waals surface area contributed by atoms with Gasteiger partial charge in [0.25, 0.3) is 0 Å². The molecule has 1 amide bonds. The van der Waals surface area contributed by atoms with Crippen LogP contribution in [-0.4, -0.2) is 21.3 Å². The van der Waals surface area contributed by atoms with Crippen LogP contribution in [-0.2, 0) is 11.3 Å². The molecule has 1 atom stereocenters. The fourth-order valence-electron chi connectivity index (χ4n) is 1.94. The smallest absolute Gasteiger partial charge is 0.245 e. The third kappa shape index (κ3) is 3.33. The van der Waals surface area contributed by atoms with Crippen molar-refractivity contribution in [3.63, 3.8) is 0 Å². The maximum atomic E-state index is 12.3. The number of aryl methyl sites for hydroxylation is 1. The Hall–Kier alpha value is -1.94. The third-order valence-electron chi connectivity index (χ3n) is 2.95. The average Bonchev–Trinajstić information content (AvgIpc) is 2.46. The highest BCUT2D eigenvalue weighted by atomic mass is 35.5. The van der Waals surface area contributed by atoms with E-state index in [9.17, 15) is 4.79 Å². The lowest BCUT2D eigenvalue weighted by molar-refractivity contribution is -0.118. The van der Waals surface area contributed by atoms with Crippen molar-refractivity contribution in [2.24, 2.45) is 0 Å². The van der Waals surface area contributed by atoms with Crippen LogP contribution in [0.1, 0.15) is 18.2 Å².